The van der Waals surface area contributed by atoms with Crippen molar-refractivity contribution in [2.45, 2.75) is 12.7 Å². The highest BCUT2D eigenvalue weighted by Crippen LogP contribution is 2.32. The normalized spacial score (nSPS) is 11.9. The number of pyridine rings is 1. The van der Waals surface area contributed by atoms with Crippen molar-refractivity contribution in [1.29, 1.82) is 0 Å². The number of aryl methyl sites for hydroxylation is 1. The molecule has 0 saturated heterocycles. The molecule has 0 aliphatic heterocycles. The van der Waals surface area contributed by atoms with E-state index in [1.54, 1.807) is 7.05 Å². The van der Waals surface area contributed by atoms with Crippen molar-refractivity contribution in [2.75, 3.05) is 0 Å². The van der Waals surface area contributed by atoms with E-state index in [-0.39, 0.29) is 23.0 Å². The van der Waals surface area contributed by atoms with Gasteiger partial charge in [-0.25, -0.2) is 0 Å². The molecule has 11 heteroatoms. The molecule has 0 aliphatic carbocycles. The van der Waals surface area contributed by atoms with Gasteiger partial charge >= 0.3 is 6.18 Å². The van der Waals surface area contributed by atoms with E-state index in [0.717, 1.165) is 16.7 Å². The average molecular weight is 359 g/mol. The lowest BCUT2D eigenvalue weighted by atomic mass is 10.2. The van der Waals surface area contributed by atoms with Crippen LogP contribution in [0.4, 0.5) is 13.2 Å². The molecule has 0 bridgehead atoms. The van der Waals surface area contributed by atoms with Crippen LogP contribution in [-0.2, 0) is 19.8 Å². The predicted molar refractivity (Wildman–Crippen MR) is 77.4 cm³/mol. The first-order valence-electron chi connectivity index (χ1n) is 6.63. The zero-order valence-electron chi connectivity index (χ0n) is 12.2. The third kappa shape index (κ3) is 3.04. The highest BCUT2D eigenvalue weighted by atomic mass is 35.5. The maximum atomic E-state index is 12.9. The van der Waals surface area contributed by atoms with Gasteiger partial charge in [-0.2, -0.15) is 18.3 Å². The zero-order valence-corrected chi connectivity index (χ0v) is 12.9. The number of alkyl halides is 3. The Morgan fingerprint density at radius 3 is 2.71 bits per heavy atom. The maximum Gasteiger partial charge on any atom is 0.417 e. The lowest BCUT2D eigenvalue weighted by Crippen LogP contribution is -2.23. The Labute approximate surface area is 138 Å². The maximum absolute atomic E-state index is 12.9. The molecule has 0 unspecified atom stereocenters. The fraction of sp³-hybridized carbons (Fsp3) is 0.231. The molecule has 0 aliphatic rings. The first-order chi connectivity index (χ1) is 11.3. The van der Waals surface area contributed by atoms with Gasteiger partial charge in [0.05, 0.1) is 28.9 Å². The third-order valence-corrected chi connectivity index (χ3v) is 3.51. The van der Waals surface area contributed by atoms with Crippen LogP contribution in [-0.4, -0.2) is 30.3 Å². The van der Waals surface area contributed by atoms with E-state index >= 15 is 0 Å². The summed E-state index contributed by atoms with van der Waals surface area (Å²) in [7, 11) is 1.66. The Bertz CT molecular complexity index is 916. The first-order valence-corrected chi connectivity index (χ1v) is 7.00. The smallest absolute Gasteiger partial charge is 0.345 e. The van der Waals surface area contributed by atoms with Crippen molar-refractivity contribution in [3.8, 4) is 0 Å². The summed E-state index contributed by atoms with van der Waals surface area (Å²) in [4.78, 5) is 12.0. The molecular formula is C13H10ClF3N6O. The van der Waals surface area contributed by atoms with Crippen molar-refractivity contribution in [3.05, 3.63) is 46.6 Å². The largest absolute Gasteiger partial charge is 0.417 e. The number of carbonyl (C=O) groups excluding carboxylic acids is 1. The number of nitrogens with one attached hydrogen (secondary N) is 1. The Balaban J connectivity index is 1.87. The zero-order chi connectivity index (χ0) is 17.5. The lowest BCUT2D eigenvalue weighted by molar-refractivity contribution is -0.137. The molecule has 0 radical (unpaired) electrons. The topological polar surface area (TPSA) is 77.1 Å². The number of carbonyl (C=O) groups is 1. The van der Waals surface area contributed by atoms with E-state index in [2.05, 4.69) is 20.6 Å². The molecule has 0 saturated carbocycles. The molecule has 1 N–H and O–H groups in total. The summed E-state index contributed by atoms with van der Waals surface area (Å²) < 4.78 is 41.2. The molecule has 0 aromatic carbocycles. The standard InChI is InChI=1S/C13H10ClF3N6O/c1-22-5-7(3-19-22)12(24)18-4-10-20-21-11-9(14)2-8(6-23(10)11)13(15,16)17/h2-3,5-6H,4H2,1H3,(H,18,24). The lowest BCUT2D eigenvalue weighted by Gasteiger charge is -2.09. The van der Waals surface area contributed by atoms with Crippen molar-refractivity contribution in [1.82, 2.24) is 29.7 Å². The Morgan fingerprint density at radius 2 is 2.08 bits per heavy atom. The van der Waals surface area contributed by atoms with Gasteiger partial charge in [-0.15, -0.1) is 10.2 Å². The number of hydrogen-bond donors (Lipinski definition) is 1. The molecule has 24 heavy (non-hydrogen) atoms. The Morgan fingerprint density at radius 1 is 1.33 bits per heavy atom. The van der Waals surface area contributed by atoms with E-state index < -0.39 is 17.6 Å². The van der Waals surface area contributed by atoms with E-state index in [4.69, 9.17) is 11.6 Å². The van der Waals surface area contributed by atoms with Gasteiger partial charge in [0.2, 0.25) is 0 Å². The Kier molecular flexibility index (Phi) is 3.91. The average Bonchev–Trinajstić information content (AvgIpc) is 3.10. The molecule has 3 heterocycles. The van der Waals surface area contributed by atoms with Crippen LogP contribution < -0.4 is 5.32 Å². The fourth-order valence-electron chi connectivity index (χ4n) is 2.08. The molecular weight excluding hydrogens is 349 g/mol. The summed E-state index contributed by atoms with van der Waals surface area (Å²) in [5.41, 5.74) is -0.532. The Hall–Kier alpha value is -2.62. The highest BCUT2D eigenvalue weighted by Gasteiger charge is 2.32. The molecule has 126 valence electrons. The van der Waals surface area contributed by atoms with Gasteiger partial charge in [-0.1, -0.05) is 11.6 Å². The minimum absolute atomic E-state index is 0.0790. The number of halogens is 4. The fourth-order valence-corrected chi connectivity index (χ4v) is 2.32. The van der Waals surface area contributed by atoms with Crippen LogP contribution in [0.2, 0.25) is 5.02 Å². The van der Waals surface area contributed by atoms with Crippen molar-refractivity contribution < 1.29 is 18.0 Å². The number of rotatable bonds is 3. The van der Waals surface area contributed by atoms with Crippen LogP contribution in [0.1, 0.15) is 21.7 Å². The summed E-state index contributed by atoms with van der Waals surface area (Å²) >= 11 is 5.82. The summed E-state index contributed by atoms with van der Waals surface area (Å²) in [6.45, 7) is -0.119. The second-order valence-corrected chi connectivity index (χ2v) is 5.38. The van der Waals surface area contributed by atoms with Gasteiger partial charge in [0.25, 0.3) is 5.91 Å². The summed E-state index contributed by atoms with van der Waals surface area (Å²) in [5, 5.41) is 13.7. The van der Waals surface area contributed by atoms with Crippen LogP contribution in [0.15, 0.2) is 24.7 Å². The first kappa shape index (κ1) is 16.2. The number of aromatic nitrogens is 5. The second kappa shape index (κ2) is 5.78. The number of amides is 1. The minimum Gasteiger partial charge on any atom is -0.345 e. The van der Waals surface area contributed by atoms with Crippen LogP contribution in [0, 0.1) is 0 Å². The summed E-state index contributed by atoms with van der Waals surface area (Å²) in [6.07, 6.45) is -0.836. The summed E-state index contributed by atoms with van der Waals surface area (Å²) in [5.74, 6) is -0.312. The van der Waals surface area contributed by atoms with E-state index in [0.29, 0.717) is 5.56 Å². The van der Waals surface area contributed by atoms with Crippen LogP contribution in [0.5, 0.6) is 0 Å². The monoisotopic (exact) mass is 358 g/mol. The van der Waals surface area contributed by atoms with E-state index in [1.165, 1.54) is 17.1 Å². The molecule has 7 nitrogen and oxygen atoms in total. The van der Waals surface area contributed by atoms with E-state index in [1.807, 2.05) is 0 Å². The van der Waals surface area contributed by atoms with Gasteiger partial charge in [-0.3, -0.25) is 13.9 Å². The van der Waals surface area contributed by atoms with Crippen molar-refractivity contribution in [3.63, 3.8) is 0 Å². The van der Waals surface area contributed by atoms with Crippen molar-refractivity contribution in [2.24, 2.45) is 7.05 Å². The van der Waals surface area contributed by atoms with Crippen LogP contribution in [0.25, 0.3) is 5.65 Å². The second-order valence-electron chi connectivity index (χ2n) is 4.97. The van der Waals surface area contributed by atoms with Gasteiger partial charge in [0, 0.05) is 19.4 Å². The van der Waals surface area contributed by atoms with Crippen molar-refractivity contribution >= 4 is 23.2 Å². The molecule has 3 aromatic rings. The third-order valence-electron chi connectivity index (χ3n) is 3.23. The molecule has 1 amide bonds. The van der Waals surface area contributed by atoms with Gasteiger partial charge in [0.1, 0.15) is 0 Å². The number of fused-ring (bicyclic) bond motifs is 1. The summed E-state index contributed by atoms with van der Waals surface area (Å²) in [6, 6.07) is 0.781. The highest BCUT2D eigenvalue weighted by molar-refractivity contribution is 6.33. The quantitative estimate of drug-likeness (QED) is 0.777. The van der Waals surface area contributed by atoms with Crippen LogP contribution >= 0.6 is 11.6 Å². The number of hydrogen-bond acceptors (Lipinski definition) is 4. The van der Waals surface area contributed by atoms with Gasteiger partial charge in [0.15, 0.2) is 11.5 Å². The SMILES string of the molecule is Cn1cc(C(=O)NCc2nnc3c(Cl)cc(C(F)(F)F)cn23)cn1. The molecule has 3 rings (SSSR count). The van der Waals surface area contributed by atoms with Crippen LogP contribution in [0.3, 0.4) is 0 Å². The van der Waals surface area contributed by atoms with Gasteiger partial charge < -0.3 is 5.32 Å². The van der Waals surface area contributed by atoms with E-state index in [9.17, 15) is 18.0 Å². The van der Waals surface area contributed by atoms with Gasteiger partial charge in [-0.05, 0) is 6.07 Å². The number of nitrogens with zero attached hydrogens (tertiary/aromatic N) is 5. The molecule has 0 fully saturated rings. The molecule has 0 atom stereocenters. The predicted octanol–water partition coefficient (Wildman–Crippen LogP) is 2.06. The minimum atomic E-state index is -4.56. The molecule has 0 spiro atoms. The molecule has 3 aromatic heterocycles.